The smallest absolute Gasteiger partial charge is 0.185 e. The molecule has 104 valence electrons. The predicted octanol–water partition coefficient (Wildman–Crippen LogP) is 1.04. The number of aromatic nitrogens is 1. The molecule has 0 radical (unpaired) electrons. The zero-order chi connectivity index (χ0) is 13.8. The molecule has 5 nitrogen and oxygen atoms in total. The van der Waals surface area contributed by atoms with Crippen molar-refractivity contribution in [2.75, 3.05) is 30.5 Å². The summed E-state index contributed by atoms with van der Waals surface area (Å²) in [5.74, 6) is 0.143. The lowest BCUT2D eigenvalue weighted by atomic mass is 10.2. The third-order valence-corrected chi connectivity index (χ3v) is 4.72. The molecule has 0 aliphatic carbocycles. The van der Waals surface area contributed by atoms with Crippen molar-refractivity contribution in [3.05, 3.63) is 10.6 Å². The average Bonchev–Trinajstić information content (AvgIpc) is 2.69. The highest BCUT2D eigenvalue weighted by Gasteiger charge is 2.13. The maximum absolute atomic E-state index is 11.1. The Morgan fingerprint density at radius 2 is 2.11 bits per heavy atom. The van der Waals surface area contributed by atoms with Crippen molar-refractivity contribution in [3.8, 4) is 0 Å². The molecule has 2 N–H and O–H groups in total. The Morgan fingerprint density at radius 3 is 2.61 bits per heavy atom. The highest BCUT2D eigenvalue weighted by Crippen LogP contribution is 2.26. The molecule has 0 atom stereocenters. The van der Waals surface area contributed by atoms with Crippen molar-refractivity contribution in [2.24, 2.45) is 5.73 Å². The number of sulfone groups is 1. The zero-order valence-corrected chi connectivity index (χ0v) is 12.8. The van der Waals surface area contributed by atoms with E-state index >= 15 is 0 Å². The average molecular weight is 291 g/mol. The largest absolute Gasteiger partial charge is 0.350 e. The fourth-order valence-electron chi connectivity index (χ4n) is 1.52. The first kappa shape index (κ1) is 15.4. The summed E-state index contributed by atoms with van der Waals surface area (Å²) in [6.45, 7) is 3.06. The molecule has 18 heavy (non-hydrogen) atoms. The van der Waals surface area contributed by atoms with E-state index in [4.69, 9.17) is 5.73 Å². The van der Waals surface area contributed by atoms with Crippen LogP contribution in [0, 0.1) is 0 Å². The highest BCUT2D eigenvalue weighted by molar-refractivity contribution is 7.90. The normalized spacial score (nSPS) is 11.8. The van der Waals surface area contributed by atoms with E-state index in [2.05, 4.69) is 11.9 Å². The lowest BCUT2D eigenvalue weighted by molar-refractivity contribution is 0.601. The minimum atomic E-state index is -2.94. The highest BCUT2D eigenvalue weighted by atomic mass is 32.2. The van der Waals surface area contributed by atoms with Crippen LogP contribution >= 0.6 is 11.3 Å². The number of rotatable bonds is 7. The molecule has 0 aliphatic rings. The summed E-state index contributed by atoms with van der Waals surface area (Å²) in [4.78, 5) is 7.52. The summed E-state index contributed by atoms with van der Waals surface area (Å²) < 4.78 is 22.3. The fourth-order valence-corrected chi connectivity index (χ4v) is 3.10. The molecule has 0 aromatic carbocycles. The number of nitrogens with zero attached hydrogens (tertiary/aromatic N) is 2. The third kappa shape index (κ3) is 4.55. The van der Waals surface area contributed by atoms with Gasteiger partial charge in [0.25, 0.3) is 0 Å². The van der Waals surface area contributed by atoms with Crippen LogP contribution in [0.1, 0.15) is 23.9 Å². The maximum atomic E-state index is 11.1. The summed E-state index contributed by atoms with van der Waals surface area (Å²) in [5.41, 5.74) is 6.74. The van der Waals surface area contributed by atoms with Crippen LogP contribution in [-0.4, -0.2) is 39.0 Å². The molecular weight excluding hydrogens is 270 g/mol. The van der Waals surface area contributed by atoms with Crippen LogP contribution < -0.4 is 10.6 Å². The zero-order valence-electron chi connectivity index (χ0n) is 11.1. The second-order valence-electron chi connectivity index (χ2n) is 4.37. The maximum Gasteiger partial charge on any atom is 0.185 e. The van der Waals surface area contributed by atoms with E-state index in [1.165, 1.54) is 6.26 Å². The molecule has 1 aromatic rings. The number of nitrogens with two attached hydrogens (primary N) is 1. The molecule has 0 bridgehead atoms. The molecule has 1 rings (SSSR count). The van der Waals surface area contributed by atoms with Gasteiger partial charge in [-0.25, -0.2) is 13.4 Å². The first-order valence-corrected chi connectivity index (χ1v) is 8.82. The van der Waals surface area contributed by atoms with Crippen molar-refractivity contribution >= 4 is 26.3 Å². The standard InChI is InChI=1S/C11H21N3O2S2/c1-4-5-9-10(8-12)17-11(13-9)14(2)6-7-18(3,15)16/h4-8,12H2,1-3H3. The van der Waals surface area contributed by atoms with Gasteiger partial charge in [0.1, 0.15) is 9.84 Å². The van der Waals surface area contributed by atoms with Gasteiger partial charge in [0, 0.05) is 31.3 Å². The van der Waals surface area contributed by atoms with Crippen LogP contribution in [0.15, 0.2) is 0 Å². The van der Waals surface area contributed by atoms with Crippen LogP contribution in [0.4, 0.5) is 5.13 Å². The molecule has 0 saturated heterocycles. The SMILES string of the molecule is CCCc1nc(N(C)CCS(C)(=O)=O)sc1CN. The second kappa shape index (κ2) is 6.49. The Morgan fingerprint density at radius 1 is 1.44 bits per heavy atom. The van der Waals surface area contributed by atoms with E-state index in [0.717, 1.165) is 28.5 Å². The lowest BCUT2D eigenvalue weighted by Gasteiger charge is -2.14. The van der Waals surface area contributed by atoms with Crippen LogP contribution in [0.3, 0.4) is 0 Å². The van der Waals surface area contributed by atoms with Gasteiger partial charge < -0.3 is 10.6 Å². The van der Waals surface area contributed by atoms with E-state index in [9.17, 15) is 8.42 Å². The molecule has 0 amide bonds. The van der Waals surface area contributed by atoms with Crippen molar-refractivity contribution < 1.29 is 8.42 Å². The van der Waals surface area contributed by atoms with Crippen molar-refractivity contribution in [2.45, 2.75) is 26.3 Å². The third-order valence-electron chi connectivity index (χ3n) is 2.56. The van der Waals surface area contributed by atoms with Crippen LogP contribution in [0.2, 0.25) is 0 Å². The fraction of sp³-hybridized carbons (Fsp3) is 0.727. The number of hydrogen-bond donors (Lipinski definition) is 1. The number of hydrogen-bond acceptors (Lipinski definition) is 6. The molecule has 0 saturated carbocycles. The molecule has 0 unspecified atom stereocenters. The van der Waals surface area contributed by atoms with Gasteiger partial charge in [-0.2, -0.15) is 0 Å². The van der Waals surface area contributed by atoms with Gasteiger partial charge in [-0.15, -0.1) is 11.3 Å². The van der Waals surface area contributed by atoms with Gasteiger partial charge >= 0.3 is 0 Å². The van der Waals surface area contributed by atoms with E-state index in [0.29, 0.717) is 13.1 Å². The quantitative estimate of drug-likeness (QED) is 0.812. The Kier molecular flexibility index (Phi) is 5.55. The van der Waals surface area contributed by atoms with Crippen molar-refractivity contribution in [3.63, 3.8) is 0 Å². The molecule has 0 spiro atoms. The first-order chi connectivity index (χ1) is 8.37. The van der Waals surface area contributed by atoms with E-state index in [1.54, 1.807) is 11.3 Å². The minimum absolute atomic E-state index is 0.143. The van der Waals surface area contributed by atoms with Crippen molar-refractivity contribution in [1.82, 2.24) is 4.98 Å². The Hall–Kier alpha value is -0.660. The summed E-state index contributed by atoms with van der Waals surface area (Å²) in [6, 6.07) is 0. The van der Waals surface area contributed by atoms with Gasteiger partial charge in [-0.1, -0.05) is 13.3 Å². The van der Waals surface area contributed by atoms with E-state index < -0.39 is 9.84 Å². The summed E-state index contributed by atoms with van der Waals surface area (Å²) in [6.07, 6.45) is 3.20. The monoisotopic (exact) mass is 291 g/mol. The predicted molar refractivity (Wildman–Crippen MR) is 77.0 cm³/mol. The van der Waals surface area contributed by atoms with Crippen LogP contribution in [0.25, 0.3) is 0 Å². The molecule has 0 fully saturated rings. The first-order valence-electron chi connectivity index (χ1n) is 5.95. The van der Waals surface area contributed by atoms with Gasteiger partial charge in [-0.05, 0) is 6.42 Å². The summed E-state index contributed by atoms with van der Waals surface area (Å²) >= 11 is 1.55. The summed E-state index contributed by atoms with van der Waals surface area (Å²) in [7, 11) is -1.07. The topological polar surface area (TPSA) is 76.3 Å². The minimum Gasteiger partial charge on any atom is -0.350 e. The Labute approximate surface area is 113 Å². The molecule has 1 aromatic heterocycles. The lowest BCUT2D eigenvalue weighted by Crippen LogP contribution is -2.24. The molecule has 7 heteroatoms. The van der Waals surface area contributed by atoms with E-state index in [1.807, 2.05) is 11.9 Å². The van der Waals surface area contributed by atoms with Gasteiger partial charge in [0.15, 0.2) is 5.13 Å². The number of aryl methyl sites for hydroxylation is 1. The molecule has 1 heterocycles. The Balaban J connectivity index is 2.76. The molecular formula is C11H21N3O2S2. The van der Waals surface area contributed by atoms with Gasteiger partial charge in [-0.3, -0.25) is 0 Å². The molecule has 0 aliphatic heterocycles. The van der Waals surface area contributed by atoms with E-state index in [-0.39, 0.29) is 5.75 Å². The number of thiazole rings is 1. The van der Waals surface area contributed by atoms with Gasteiger partial charge in [0.2, 0.25) is 0 Å². The van der Waals surface area contributed by atoms with Gasteiger partial charge in [0.05, 0.1) is 11.4 Å². The van der Waals surface area contributed by atoms with Crippen LogP contribution in [0.5, 0.6) is 0 Å². The van der Waals surface area contributed by atoms with Crippen LogP contribution in [-0.2, 0) is 22.8 Å². The second-order valence-corrected chi connectivity index (χ2v) is 7.69. The summed E-state index contributed by atoms with van der Waals surface area (Å²) in [5, 5.41) is 0.850. The van der Waals surface area contributed by atoms with Crippen molar-refractivity contribution in [1.29, 1.82) is 0 Å². The number of anilines is 1. The Bertz CT molecular complexity index is 482.